The Balaban J connectivity index is 5.43. The van der Waals surface area contributed by atoms with Crippen LogP contribution in [-0.4, -0.2) is 96.7 Å². The van der Waals surface area contributed by atoms with Crippen molar-refractivity contribution in [2.45, 2.75) is 303 Å². The molecule has 3 N–H and O–H groups in total. The zero-order chi connectivity index (χ0) is 73.2. The maximum Gasteiger partial charge on any atom is 0.472 e. The third kappa shape index (κ3) is 71.3. The Morgan fingerprint density at radius 1 is 0.300 bits per heavy atom. The van der Waals surface area contributed by atoms with Crippen molar-refractivity contribution in [3.05, 3.63) is 146 Å². The second-order valence-corrected chi connectivity index (χ2v) is 27.7. The lowest BCUT2D eigenvalue weighted by Crippen LogP contribution is -2.30. The van der Waals surface area contributed by atoms with Crippen molar-refractivity contribution >= 4 is 39.5 Å². The van der Waals surface area contributed by atoms with Gasteiger partial charge in [-0.15, -0.1) is 0 Å². The molecule has 0 radical (unpaired) electrons. The average molecular weight is 1440 g/mol. The van der Waals surface area contributed by atoms with Crippen molar-refractivity contribution in [2.24, 2.45) is 0 Å². The van der Waals surface area contributed by atoms with Crippen LogP contribution in [0.3, 0.4) is 0 Å². The first-order valence-corrected chi connectivity index (χ1v) is 41.1. The van der Waals surface area contributed by atoms with Gasteiger partial charge in [-0.25, -0.2) is 9.13 Å². The van der Waals surface area contributed by atoms with Gasteiger partial charge < -0.3 is 33.8 Å². The molecular formula is C81H134O17P2. The molecule has 570 valence electrons. The minimum absolute atomic E-state index is 0.0617. The van der Waals surface area contributed by atoms with E-state index in [1.54, 1.807) is 6.08 Å². The second kappa shape index (κ2) is 72.3. The molecular weight excluding hydrogens is 1310 g/mol. The van der Waals surface area contributed by atoms with Crippen LogP contribution in [0, 0.1) is 0 Å². The van der Waals surface area contributed by atoms with E-state index in [0.29, 0.717) is 25.7 Å². The summed E-state index contributed by atoms with van der Waals surface area (Å²) in [6.07, 6.45) is 81.6. The molecule has 100 heavy (non-hydrogen) atoms. The fraction of sp³-hybridized carbons (Fsp3) is 0.654. The molecule has 17 nitrogen and oxygen atoms in total. The van der Waals surface area contributed by atoms with Gasteiger partial charge in [0.2, 0.25) is 0 Å². The summed E-state index contributed by atoms with van der Waals surface area (Å²) >= 11 is 0. The van der Waals surface area contributed by atoms with Crippen molar-refractivity contribution in [3.63, 3.8) is 0 Å². The number of phosphoric acid groups is 2. The highest BCUT2D eigenvalue weighted by atomic mass is 31.2. The summed E-state index contributed by atoms with van der Waals surface area (Å²) in [4.78, 5) is 72.7. The summed E-state index contributed by atoms with van der Waals surface area (Å²) in [6.45, 7) is 4.41. The number of rotatable bonds is 70. The lowest BCUT2D eigenvalue weighted by Gasteiger charge is -2.21. The number of carbonyl (C=O) groups is 4. The Morgan fingerprint density at radius 3 is 0.940 bits per heavy atom. The van der Waals surface area contributed by atoms with Crippen LogP contribution in [-0.2, 0) is 65.4 Å². The van der Waals surface area contributed by atoms with Crippen molar-refractivity contribution in [3.8, 4) is 0 Å². The smallest absolute Gasteiger partial charge is 0.462 e. The SMILES string of the molecule is CC/C=C\C/C=C\C/C=C\C/C=C\C/C=C\CCCCCC(=O)OCC(COP(=O)(O)OCC(O)COP(=O)(O)OCC(COC(=O)C/C=C\C/C=C\C/C=C\C/C=C\C/C=C\CC)OC(=O)CCCCCCC/C=C\CCCCCCCC)OC(=O)CCCCCCC/C=C\CCCC. The number of hydrogen-bond donors (Lipinski definition) is 3. The Labute approximate surface area is 605 Å². The van der Waals surface area contributed by atoms with Gasteiger partial charge in [-0.3, -0.25) is 37.3 Å². The minimum Gasteiger partial charge on any atom is -0.462 e. The van der Waals surface area contributed by atoms with Crippen molar-refractivity contribution in [1.82, 2.24) is 0 Å². The topological polar surface area (TPSA) is 237 Å². The molecule has 0 aliphatic rings. The van der Waals surface area contributed by atoms with Crippen LogP contribution < -0.4 is 0 Å². The number of carbonyl (C=O) groups excluding carboxylic acids is 4. The molecule has 0 amide bonds. The van der Waals surface area contributed by atoms with Gasteiger partial charge in [-0.1, -0.05) is 263 Å². The number of aliphatic hydroxyl groups excluding tert-OH is 1. The number of phosphoric ester groups is 2. The maximum atomic E-state index is 13.1. The van der Waals surface area contributed by atoms with Gasteiger partial charge in [0, 0.05) is 19.3 Å². The number of ether oxygens (including phenoxy) is 4. The van der Waals surface area contributed by atoms with E-state index in [2.05, 4.69) is 149 Å². The number of aliphatic hydroxyl groups is 1. The highest BCUT2D eigenvalue weighted by molar-refractivity contribution is 7.47. The van der Waals surface area contributed by atoms with Crippen LogP contribution in [0.15, 0.2) is 146 Å². The molecule has 5 unspecified atom stereocenters. The first-order valence-electron chi connectivity index (χ1n) is 38.1. The molecule has 0 saturated carbocycles. The van der Waals surface area contributed by atoms with Crippen LogP contribution in [0.5, 0.6) is 0 Å². The molecule has 19 heteroatoms. The van der Waals surface area contributed by atoms with E-state index in [1.165, 1.54) is 51.4 Å². The van der Waals surface area contributed by atoms with Gasteiger partial charge in [-0.2, -0.15) is 0 Å². The second-order valence-electron chi connectivity index (χ2n) is 24.8. The molecule has 0 heterocycles. The first-order chi connectivity index (χ1) is 48.7. The fourth-order valence-electron chi connectivity index (χ4n) is 9.53. The quantitative estimate of drug-likeness (QED) is 0.0169. The normalized spacial score (nSPS) is 14.8. The molecule has 0 rings (SSSR count). The van der Waals surface area contributed by atoms with E-state index in [0.717, 1.165) is 154 Å². The molecule has 0 aliphatic carbocycles. The van der Waals surface area contributed by atoms with E-state index in [-0.39, 0.29) is 25.7 Å². The van der Waals surface area contributed by atoms with Crippen molar-refractivity contribution < 1.29 is 80.2 Å². The summed E-state index contributed by atoms with van der Waals surface area (Å²) in [6, 6.07) is 0. The lowest BCUT2D eigenvalue weighted by atomic mass is 10.1. The number of esters is 4. The minimum atomic E-state index is -5.00. The third-order valence-corrected chi connectivity index (χ3v) is 17.2. The van der Waals surface area contributed by atoms with Crippen molar-refractivity contribution in [1.29, 1.82) is 0 Å². The standard InChI is InChI=1S/C81H134O17P2/c1-5-9-13-17-21-25-29-32-35-36-37-38-41-43-47-50-54-58-62-66-79(84)91-71-76(97-80(85)67-63-59-55-51-45-28-24-20-16-12-8-4)73-95-99(87,88)93-69-75(82)70-94-100(89,90)96-74-77(98-81(86)68-64-60-56-52-48-44-40-34-31-27-23-19-15-11-7-3)72-92-78(83)65-61-57-53-49-46-42-39-33-30-26-22-18-14-10-6-2/h9-10,13-14,20-22,24-26,32-35,37-40,43,46-47,49,57,61,75-77,82H,5-8,11-12,15-19,23,27-31,36,41-42,44-45,48,50-56,58-60,62-74H2,1-4H3,(H,87,88)(H,89,90)/b13-9-,14-10-,24-20-,25-21-,26-22-,35-32-,38-37-,39-33-,40-34-,47-43-,49-46-,61-57-. The molecule has 5 atom stereocenters. The summed E-state index contributed by atoms with van der Waals surface area (Å²) in [7, 11) is -9.99. The summed E-state index contributed by atoms with van der Waals surface area (Å²) < 4.78 is 68.3. The number of unbranched alkanes of at least 4 members (excludes halogenated alkanes) is 21. The van der Waals surface area contributed by atoms with E-state index < -0.39 is 97.5 Å². The first kappa shape index (κ1) is 94.9. The monoisotopic (exact) mass is 1440 g/mol. The predicted molar refractivity (Wildman–Crippen MR) is 408 cm³/mol. The van der Waals surface area contributed by atoms with Gasteiger partial charge >= 0.3 is 39.5 Å². The zero-order valence-electron chi connectivity index (χ0n) is 62.1. The number of allylic oxidation sites excluding steroid dienone is 23. The molecule has 0 bridgehead atoms. The van der Waals surface area contributed by atoms with Gasteiger partial charge in [-0.05, 0) is 141 Å². The van der Waals surface area contributed by atoms with E-state index in [1.807, 2.05) is 18.2 Å². The molecule has 0 saturated heterocycles. The molecule has 0 aliphatic heterocycles. The average Bonchev–Trinajstić information content (AvgIpc) is 0.953. The Morgan fingerprint density at radius 2 is 0.570 bits per heavy atom. The highest BCUT2D eigenvalue weighted by Crippen LogP contribution is 2.45. The van der Waals surface area contributed by atoms with Crippen LogP contribution in [0.4, 0.5) is 0 Å². The van der Waals surface area contributed by atoms with Gasteiger partial charge in [0.05, 0.1) is 32.8 Å². The predicted octanol–water partition coefficient (Wildman–Crippen LogP) is 21.9. The highest BCUT2D eigenvalue weighted by Gasteiger charge is 2.30. The summed E-state index contributed by atoms with van der Waals surface area (Å²) in [5, 5.41) is 10.6. The number of hydrogen-bond acceptors (Lipinski definition) is 15. The van der Waals surface area contributed by atoms with Crippen molar-refractivity contribution in [2.75, 3.05) is 39.6 Å². The van der Waals surface area contributed by atoms with E-state index >= 15 is 0 Å². The third-order valence-electron chi connectivity index (χ3n) is 15.3. The lowest BCUT2D eigenvalue weighted by molar-refractivity contribution is -0.161. The van der Waals surface area contributed by atoms with Crippen LogP contribution >= 0.6 is 15.6 Å². The van der Waals surface area contributed by atoms with Crippen LogP contribution in [0.25, 0.3) is 0 Å². The Kier molecular flexibility index (Phi) is 68.6. The molecule has 0 fully saturated rings. The van der Waals surface area contributed by atoms with Gasteiger partial charge in [0.25, 0.3) is 0 Å². The van der Waals surface area contributed by atoms with E-state index in [9.17, 15) is 43.2 Å². The van der Waals surface area contributed by atoms with Crippen LogP contribution in [0.2, 0.25) is 0 Å². The summed E-state index contributed by atoms with van der Waals surface area (Å²) in [5.41, 5.74) is 0. The Bertz CT molecular complexity index is 2470. The zero-order valence-corrected chi connectivity index (χ0v) is 63.9. The van der Waals surface area contributed by atoms with Gasteiger partial charge in [0.1, 0.15) is 19.3 Å². The van der Waals surface area contributed by atoms with Gasteiger partial charge in [0.15, 0.2) is 12.2 Å². The largest absolute Gasteiger partial charge is 0.472 e. The van der Waals surface area contributed by atoms with Crippen LogP contribution in [0.1, 0.15) is 285 Å². The summed E-state index contributed by atoms with van der Waals surface area (Å²) in [5.74, 6) is -2.39. The maximum absolute atomic E-state index is 13.1. The fourth-order valence-corrected chi connectivity index (χ4v) is 11.1. The Hall–Kier alpha value is -5.06. The van der Waals surface area contributed by atoms with E-state index in [4.69, 9.17) is 37.0 Å². The molecule has 0 aromatic carbocycles. The molecule has 0 aromatic rings. The molecule has 0 aromatic heterocycles. The molecule has 0 spiro atoms.